The number of nitrogens with zero attached hydrogens (tertiary/aromatic N) is 1. The normalized spacial score (nSPS) is 11.9. The van der Waals surface area contributed by atoms with E-state index in [1.165, 1.54) is 7.11 Å². The Balaban J connectivity index is 3.23. The molecule has 74 valence electrons. The molecule has 1 unspecified atom stereocenters. The summed E-state index contributed by atoms with van der Waals surface area (Å²) in [6.45, 7) is 0. The quantitative estimate of drug-likeness (QED) is 0.783. The maximum absolute atomic E-state index is 13.2. The number of benzene rings is 1. The van der Waals surface area contributed by atoms with Crippen LogP contribution in [0.2, 0.25) is 0 Å². The van der Waals surface area contributed by atoms with Crippen LogP contribution in [0.15, 0.2) is 12.1 Å². The molecule has 1 aromatic rings. The van der Waals surface area contributed by atoms with Crippen molar-refractivity contribution >= 4 is 0 Å². The van der Waals surface area contributed by atoms with E-state index in [0.717, 1.165) is 12.1 Å². The van der Waals surface area contributed by atoms with Crippen LogP contribution in [-0.2, 0) is 0 Å². The summed E-state index contributed by atoms with van der Waals surface area (Å²) in [6.07, 6.45) is 0. The third-order valence-electron chi connectivity index (χ3n) is 1.75. The number of hydrogen-bond donors (Lipinski definition) is 1. The summed E-state index contributed by atoms with van der Waals surface area (Å²) in [7, 11) is 1.22. The molecule has 0 amide bonds. The molecule has 0 heterocycles. The number of hydrogen-bond acceptors (Lipinski definition) is 3. The standard InChI is InChI=1S/C9H8F2N2O/c1-14-9-3-6(10)5(2-7(9)11)8(13)4-12/h2-3,8H,13H2,1H3. The van der Waals surface area contributed by atoms with Crippen molar-refractivity contribution in [2.45, 2.75) is 6.04 Å². The maximum atomic E-state index is 13.2. The third-order valence-corrected chi connectivity index (χ3v) is 1.75. The number of halogens is 2. The molecule has 14 heavy (non-hydrogen) atoms. The first kappa shape index (κ1) is 10.4. The van der Waals surface area contributed by atoms with E-state index < -0.39 is 17.7 Å². The minimum Gasteiger partial charge on any atom is -0.494 e. The Labute approximate surface area is 79.7 Å². The Morgan fingerprint density at radius 1 is 1.43 bits per heavy atom. The monoisotopic (exact) mass is 198 g/mol. The van der Waals surface area contributed by atoms with Gasteiger partial charge in [0, 0.05) is 11.6 Å². The van der Waals surface area contributed by atoms with Crippen molar-refractivity contribution in [3.05, 3.63) is 29.3 Å². The second kappa shape index (κ2) is 4.03. The maximum Gasteiger partial charge on any atom is 0.165 e. The molecule has 1 rings (SSSR count). The molecule has 0 saturated carbocycles. The largest absolute Gasteiger partial charge is 0.494 e. The Bertz CT molecular complexity index is 387. The zero-order valence-corrected chi connectivity index (χ0v) is 7.42. The van der Waals surface area contributed by atoms with Gasteiger partial charge in [-0.15, -0.1) is 0 Å². The summed E-state index contributed by atoms with van der Waals surface area (Å²) in [5.74, 6) is -1.71. The van der Waals surface area contributed by atoms with Crippen molar-refractivity contribution in [1.82, 2.24) is 0 Å². The van der Waals surface area contributed by atoms with Gasteiger partial charge in [-0.25, -0.2) is 8.78 Å². The van der Waals surface area contributed by atoms with Gasteiger partial charge in [0.15, 0.2) is 11.6 Å². The number of nitriles is 1. The molecule has 0 bridgehead atoms. The van der Waals surface area contributed by atoms with Crippen LogP contribution in [0.25, 0.3) is 0 Å². The van der Waals surface area contributed by atoms with Gasteiger partial charge in [0.05, 0.1) is 13.2 Å². The van der Waals surface area contributed by atoms with Crippen LogP contribution < -0.4 is 10.5 Å². The van der Waals surface area contributed by atoms with E-state index in [1.807, 2.05) is 0 Å². The molecular formula is C9H8F2N2O. The number of methoxy groups -OCH3 is 1. The molecule has 5 heteroatoms. The van der Waals surface area contributed by atoms with Crippen molar-refractivity contribution in [2.75, 3.05) is 7.11 Å². The molecule has 0 radical (unpaired) electrons. The third kappa shape index (κ3) is 1.80. The molecule has 2 N–H and O–H groups in total. The second-order valence-electron chi connectivity index (χ2n) is 2.62. The van der Waals surface area contributed by atoms with E-state index in [4.69, 9.17) is 11.0 Å². The van der Waals surface area contributed by atoms with E-state index in [9.17, 15) is 8.78 Å². The van der Waals surface area contributed by atoms with Gasteiger partial charge >= 0.3 is 0 Å². The molecule has 3 nitrogen and oxygen atoms in total. The molecule has 0 aromatic heterocycles. The minimum atomic E-state index is -1.17. The fourth-order valence-electron chi connectivity index (χ4n) is 1.01. The van der Waals surface area contributed by atoms with Gasteiger partial charge in [-0.1, -0.05) is 0 Å². The van der Waals surface area contributed by atoms with Gasteiger partial charge in [-0.05, 0) is 6.07 Å². The highest BCUT2D eigenvalue weighted by atomic mass is 19.1. The number of nitrogens with two attached hydrogens (primary N) is 1. The topological polar surface area (TPSA) is 59.0 Å². The van der Waals surface area contributed by atoms with Crippen LogP contribution >= 0.6 is 0 Å². The first-order chi connectivity index (χ1) is 6.60. The summed E-state index contributed by atoms with van der Waals surface area (Å²) >= 11 is 0. The zero-order valence-electron chi connectivity index (χ0n) is 7.42. The van der Waals surface area contributed by atoms with E-state index in [2.05, 4.69) is 4.74 Å². The highest BCUT2D eigenvalue weighted by Gasteiger charge is 2.15. The molecule has 0 aliphatic carbocycles. The van der Waals surface area contributed by atoms with Crippen LogP contribution in [0, 0.1) is 23.0 Å². The van der Waals surface area contributed by atoms with Gasteiger partial charge in [-0.2, -0.15) is 5.26 Å². The molecule has 0 fully saturated rings. The lowest BCUT2D eigenvalue weighted by molar-refractivity contribution is 0.381. The first-order valence-electron chi connectivity index (χ1n) is 3.78. The van der Waals surface area contributed by atoms with E-state index in [1.54, 1.807) is 6.07 Å². The van der Waals surface area contributed by atoms with E-state index >= 15 is 0 Å². The summed E-state index contributed by atoms with van der Waals surface area (Å²) < 4.78 is 30.8. The SMILES string of the molecule is COc1cc(F)c(C(N)C#N)cc1F. The lowest BCUT2D eigenvalue weighted by Gasteiger charge is -2.07. The van der Waals surface area contributed by atoms with Gasteiger partial charge in [0.1, 0.15) is 11.9 Å². The fourth-order valence-corrected chi connectivity index (χ4v) is 1.01. The molecular weight excluding hydrogens is 190 g/mol. The Morgan fingerprint density at radius 3 is 2.57 bits per heavy atom. The fraction of sp³-hybridized carbons (Fsp3) is 0.222. The van der Waals surface area contributed by atoms with Crippen molar-refractivity contribution < 1.29 is 13.5 Å². The molecule has 1 aromatic carbocycles. The van der Waals surface area contributed by atoms with Crippen LogP contribution in [-0.4, -0.2) is 7.11 Å². The average molecular weight is 198 g/mol. The summed E-state index contributed by atoms with van der Waals surface area (Å²) in [6, 6.07) is 2.17. The minimum absolute atomic E-state index is 0.175. The number of ether oxygens (including phenoxy) is 1. The number of rotatable bonds is 2. The van der Waals surface area contributed by atoms with Gasteiger partial charge in [-0.3, -0.25) is 0 Å². The molecule has 1 atom stereocenters. The second-order valence-corrected chi connectivity index (χ2v) is 2.62. The van der Waals surface area contributed by atoms with Crippen LogP contribution in [0.3, 0.4) is 0 Å². The van der Waals surface area contributed by atoms with Gasteiger partial charge in [0.2, 0.25) is 0 Å². The van der Waals surface area contributed by atoms with Crippen molar-refractivity contribution in [3.8, 4) is 11.8 Å². The van der Waals surface area contributed by atoms with Crippen molar-refractivity contribution in [1.29, 1.82) is 5.26 Å². The Morgan fingerprint density at radius 2 is 2.07 bits per heavy atom. The Kier molecular flexibility index (Phi) is 2.99. The van der Waals surface area contributed by atoms with E-state index in [-0.39, 0.29) is 11.3 Å². The zero-order chi connectivity index (χ0) is 10.7. The first-order valence-corrected chi connectivity index (χ1v) is 3.78. The van der Waals surface area contributed by atoms with Gasteiger partial charge in [0.25, 0.3) is 0 Å². The summed E-state index contributed by atoms with van der Waals surface area (Å²) in [5.41, 5.74) is 5.07. The molecule has 0 spiro atoms. The average Bonchev–Trinajstić information content (AvgIpc) is 2.19. The lowest BCUT2D eigenvalue weighted by Crippen LogP contribution is -2.10. The molecule has 0 aliphatic rings. The predicted molar refractivity (Wildman–Crippen MR) is 45.5 cm³/mol. The van der Waals surface area contributed by atoms with Crippen LogP contribution in [0.4, 0.5) is 8.78 Å². The van der Waals surface area contributed by atoms with Crippen molar-refractivity contribution in [2.24, 2.45) is 5.73 Å². The highest BCUT2D eigenvalue weighted by Crippen LogP contribution is 2.24. The summed E-state index contributed by atoms with van der Waals surface area (Å²) in [4.78, 5) is 0. The van der Waals surface area contributed by atoms with E-state index in [0.29, 0.717) is 0 Å². The summed E-state index contributed by atoms with van der Waals surface area (Å²) in [5, 5.41) is 8.43. The van der Waals surface area contributed by atoms with Crippen LogP contribution in [0.5, 0.6) is 5.75 Å². The lowest BCUT2D eigenvalue weighted by atomic mass is 10.1. The van der Waals surface area contributed by atoms with Crippen LogP contribution in [0.1, 0.15) is 11.6 Å². The predicted octanol–water partition coefficient (Wildman–Crippen LogP) is 1.50. The van der Waals surface area contributed by atoms with Crippen molar-refractivity contribution in [3.63, 3.8) is 0 Å². The highest BCUT2D eigenvalue weighted by molar-refractivity contribution is 5.34. The molecule has 0 aliphatic heterocycles. The molecule has 0 saturated heterocycles. The smallest absolute Gasteiger partial charge is 0.165 e. The Hall–Kier alpha value is -1.67. The van der Waals surface area contributed by atoms with Gasteiger partial charge < -0.3 is 10.5 Å².